The Morgan fingerprint density at radius 1 is 1.06 bits per heavy atom. The van der Waals surface area contributed by atoms with Crippen molar-refractivity contribution in [1.29, 1.82) is 0 Å². The van der Waals surface area contributed by atoms with Crippen LogP contribution in [0.5, 0.6) is 0 Å². The first kappa shape index (κ1) is 22.5. The molecule has 0 spiro atoms. The fourth-order valence-electron chi connectivity index (χ4n) is 3.88. The number of para-hydroxylation sites is 1. The normalized spacial score (nSPS) is 12.2. The number of fused-ring (bicyclic) bond motifs is 1. The molecular formula is C27H24ClN3O2. The Labute approximate surface area is 197 Å². The van der Waals surface area contributed by atoms with E-state index in [-0.39, 0.29) is 11.5 Å². The van der Waals surface area contributed by atoms with Gasteiger partial charge in [-0.15, -0.1) is 0 Å². The first-order valence-corrected chi connectivity index (χ1v) is 11.2. The SMILES string of the molecule is CCN(C(=O)/C=C/c1ccccc1)C(C)c1nc2ccccc2c(=O)n1-c1cccc(Cl)c1. The summed E-state index contributed by atoms with van der Waals surface area (Å²) in [6.07, 6.45) is 3.34. The summed E-state index contributed by atoms with van der Waals surface area (Å²) in [4.78, 5) is 33.1. The highest BCUT2D eigenvalue weighted by molar-refractivity contribution is 6.30. The predicted octanol–water partition coefficient (Wildman–Crippen LogP) is 5.66. The minimum Gasteiger partial charge on any atom is -0.330 e. The van der Waals surface area contributed by atoms with Crippen LogP contribution in [-0.4, -0.2) is 26.9 Å². The van der Waals surface area contributed by atoms with Gasteiger partial charge in [-0.25, -0.2) is 4.98 Å². The van der Waals surface area contributed by atoms with Crippen molar-refractivity contribution < 1.29 is 4.79 Å². The van der Waals surface area contributed by atoms with Crippen LogP contribution in [0.1, 0.15) is 31.3 Å². The maximum atomic E-state index is 13.5. The van der Waals surface area contributed by atoms with Crippen molar-refractivity contribution in [3.05, 3.63) is 112 Å². The molecule has 1 atom stereocenters. The summed E-state index contributed by atoms with van der Waals surface area (Å²) in [5, 5.41) is 1.02. The van der Waals surface area contributed by atoms with E-state index in [0.29, 0.717) is 34.0 Å². The van der Waals surface area contributed by atoms with Crippen LogP contribution in [0.25, 0.3) is 22.7 Å². The average Bonchev–Trinajstić information content (AvgIpc) is 2.83. The Morgan fingerprint density at radius 3 is 2.52 bits per heavy atom. The number of hydrogen-bond acceptors (Lipinski definition) is 3. The number of halogens is 1. The summed E-state index contributed by atoms with van der Waals surface area (Å²) < 4.78 is 1.55. The van der Waals surface area contributed by atoms with Crippen LogP contribution in [0.4, 0.5) is 0 Å². The number of carbonyl (C=O) groups is 1. The predicted molar refractivity (Wildman–Crippen MR) is 134 cm³/mol. The Balaban J connectivity index is 1.81. The third kappa shape index (κ3) is 4.73. The standard InChI is InChI=1S/C27H24ClN3O2/c1-3-30(25(32)17-16-20-10-5-4-6-11-20)19(2)26-29-24-15-8-7-14-23(24)27(33)31(26)22-13-9-12-21(28)18-22/h4-19H,3H2,1-2H3/b17-16+. The van der Waals surface area contributed by atoms with Crippen molar-refractivity contribution in [3.8, 4) is 5.69 Å². The van der Waals surface area contributed by atoms with Gasteiger partial charge < -0.3 is 4.90 Å². The van der Waals surface area contributed by atoms with E-state index in [1.54, 1.807) is 45.9 Å². The van der Waals surface area contributed by atoms with Crippen LogP contribution < -0.4 is 5.56 Å². The lowest BCUT2D eigenvalue weighted by molar-refractivity contribution is -0.128. The van der Waals surface area contributed by atoms with Gasteiger partial charge in [0.1, 0.15) is 5.82 Å². The number of nitrogens with zero attached hydrogens (tertiary/aromatic N) is 3. The molecule has 6 heteroatoms. The monoisotopic (exact) mass is 457 g/mol. The molecule has 0 bridgehead atoms. The largest absolute Gasteiger partial charge is 0.330 e. The second-order valence-electron chi connectivity index (χ2n) is 7.65. The molecule has 3 aromatic carbocycles. The fourth-order valence-corrected chi connectivity index (χ4v) is 4.07. The fraction of sp³-hybridized carbons (Fsp3) is 0.148. The van der Waals surface area contributed by atoms with Gasteiger partial charge in [0, 0.05) is 17.6 Å². The third-order valence-corrected chi connectivity index (χ3v) is 5.79. The smallest absolute Gasteiger partial charge is 0.266 e. The second-order valence-corrected chi connectivity index (χ2v) is 8.09. The summed E-state index contributed by atoms with van der Waals surface area (Å²) >= 11 is 6.23. The summed E-state index contributed by atoms with van der Waals surface area (Å²) in [6.45, 7) is 4.25. The number of carbonyl (C=O) groups excluding carboxylic acids is 1. The topological polar surface area (TPSA) is 55.2 Å². The average molecular weight is 458 g/mol. The molecule has 4 rings (SSSR count). The first-order chi connectivity index (χ1) is 16.0. The summed E-state index contributed by atoms with van der Waals surface area (Å²) in [5.74, 6) is 0.318. The van der Waals surface area contributed by atoms with E-state index in [4.69, 9.17) is 16.6 Å². The molecule has 0 N–H and O–H groups in total. The molecule has 1 unspecified atom stereocenters. The maximum absolute atomic E-state index is 13.5. The summed E-state index contributed by atoms with van der Waals surface area (Å²) in [6, 6.07) is 23.5. The molecule has 1 amide bonds. The lowest BCUT2D eigenvalue weighted by Gasteiger charge is -2.28. The Bertz CT molecular complexity index is 1380. The Hall–Kier alpha value is -3.70. The zero-order valence-electron chi connectivity index (χ0n) is 18.5. The van der Waals surface area contributed by atoms with Crippen molar-refractivity contribution >= 4 is 34.5 Å². The van der Waals surface area contributed by atoms with E-state index in [2.05, 4.69) is 0 Å². The van der Waals surface area contributed by atoms with E-state index < -0.39 is 6.04 Å². The maximum Gasteiger partial charge on any atom is 0.266 e. The van der Waals surface area contributed by atoms with Gasteiger partial charge in [-0.05, 0) is 55.8 Å². The molecule has 4 aromatic rings. The minimum atomic E-state index is -0.459. The zero-order chi connectivity index (χ0) is 23.4. The molecular weight excluding hydrogens is 434 g/mol. The number of amides is 1. The molecule has 0 aliphatic carbocycles. The highest BCUT2D eigenvalue weighted by Crippen LogP contribution is 2.24. The highest BCUT2D eigenvalue weighted by atomic mass is 35.5. The summed E-state index contributed by atoms with van der Waals surface area (Å²) in [7, 11) is 0. The van der Waals surface area contributed by atoms with Crippen molar-refractivity contribution in [2.75, 3.05) is 6.54 Å². The van der Waals surface area contributed by atoms with E-state index >= 15 is 0 Å². The van der Waals surface area contributed by atoms with E-state index in [9.17, 15) is 9.59 Å². The molecule has 5 nitrogen and oxygen atoms in total. The molecule has 166 valence electrons. The van der Waals surface area contributed by atoms with Gasteiger partial charge in [0.05, 0.1) is 22.6 Å². The van der Waals surface area contributed by atoms with Gasteiger partial charge in [-0.2, -0.15) is 0 Å². The van der Waals surface area contributed by atoms with E-state index in [1.165, 1.54) is 0 Å². The Kier molecular flexibility index (Phi) is 6.71. The number of hydrogen-bond donors (Lipinski definition) is 0. The molecule has 0 saturated heterocycles. The quantitative estimate of drug-likeness (QED) is 0.351. The molecule has 1 heterocycles. The van der Waals surface area contributed by atoms with Gasteiger partial charge in [-0.1, -0.05) is 60.1 Å². The van der Waals surface area contributed by atoms with Crippen molar-refractivity contribution in [3.63, 3.8) is 0 Å². The van der Waals surface area contributed by atoms with Crippen LogP contribution in [-0.2, 0) is 4.79 Å². The van der Waals surface area contributed by atoms with Crippen molar-refractivity contribution in [2.45, 2.75) is 19.9 Å². The minimum absolute atomic E-state index is 0.158. The van der Waals surface area contributed by atoms with Crippen LogP contribution in [0.2, 0.25) is 5.02 Å². The number of aromatic nitrogens is 2. The second kappa shape index (κ2) is 9.84. The highest BCUT2D eigenvalue weighted by Gasteiger charge is 2.24. The lowest BCUT2D eigenvalue weighted by Crippen LogP contribution is -2.36. The van der Waals surface area contributed by atoms with Gasteiger partial charge in [0.2, 0.25) is 5.91 Å². The van der Waals surface area contributed by atoms with Gasteiger partial charge in [0.15, 0.2) is 0 Å². The van der Waals surface area contributed by atoms with Crippen molar-refractivity contribution in [1.82, 2.24) is 14.5 Å². The van der Waals surface area contributed by atoms with E-state index in [1.807, 2.05) is 68.4 Å². The number of benzene rings is 3. The molecule has 0 fully saturated rings. The zero-order valence-corrected chi connectivity index (χ0v) is 19.2. The van der Waals surface area contributed by atoms with Gasteiger partial charge in [0.25, 0.3) is 5.56 Å². The van der Waals surface area contributed by atoms with Crippen LogP contribution in [0.3, 0.4) is 0 Å². The Morgan fingerprint density at radius 2 is 1.79 bits per heavy atom. The van der Waals surface area contributed by atoms with Crippen LogP contribution >= 0.6 is 11.6 Å². The molecule has 1 aromatic heterocycles. The summed E-state index contributed by atoms with van der Waals surface area (Å²) in [5.41, 5.74) is 1.93. The lowest BCUT2D eigenvalue weighted by atomic mass is 10.1. The molecule has 0 saturated carbocycles. The number of likely N-dealkylation sites (N-methyl/N-ethyl adjacent to an activating group) is 1. The van der Waals surface area contributed by atoms with E-state index in [0.717, 1.165) is 5.56 Å². The van der Waals surface area contributed by atoms with Crippen molar-refractivity contribution in [2.24, 2.45) is 0 Å². The van der Waals surface area contributed by atoms with Gasteiger partial charge >= 0.3 is 0 Å². The molecule has 33 heavy (non-hydrogen) atoms. The van der Waals surface area contributed by atoms with Crippen LogP contribution in [0.15, 0.2) is 89.7 Å². The number of rotatable bonds is 6. The van der Waals surface area contributed by atoms with Crippen LogP contribution in [0, 0.1) is 0 Å². The van der Waals surface area contributed by atoms with Gasteiger partial charge in [-0.3, -0.25) is 14.2 Å². The molecule has 0 aliphatic heterocycles. The third-order valence-electron chi connectivity index (χ3n) is 5.55. The molecule has 0 radical (unpaired) electrons. The first-order valence-electron chi connectivity index (χ1n) is 10.8. The molecule has 0 aliphatic rings.